The molecule has 1 aliphatic rings. The predicted molar refractivity (Wildman–Crippen MR) is 62.2 cm³/mol. The van der Waals surface area contributed by atoms with Crippen LogP contribution in [0, 0.1) is 5.92 Å². The van der Waals surface area contributed by atoms with Crippen molar-refractivity contribution in [1.82, 2.24) is 4.90 Å². The lowest BCUT2D eigenvalue weighted by Gasteiger charge is -2.35. The molecule has 1 saturated heterocycles. The van der Waals surface area contributed by atoms with E-state index < -0.39 is 5.97 Å². The molecule has 86 valence electrons. The van der Waals surface area contributed by atoms with Crippen LogP contribution in [0.1, 0.15) is 24.4 Å². The van der Waals surface area contributed by atoms with Crippen LogP contribution in [0.3, 0.4) is 0 Å². The molecule has 1 aromatic carbocycles. The molecular weight excluding hydrogens is 202 g/mol. The fraction of sp³-hybridized carbons (Fsp3) is 0.462. The van der Waals surface area contributed by atoms with Crippen LogP contribution < -0.4 is 0 Å². The number of carboxylic acid groups (broad SMARTS) is 1. The number of hydrogen-bond acceptors (Lipinski definition) is 2. The van der Waals surface area contributed by atoms with E-state index in [1.165, 1.54) is 5.56 Å². The summed E-state index contributed by atoms with van der Waals surface area (Å²) in [6.07, 6.45) is 1.48. The molecule has 1 aliphatic heterocycles. The second-order valence-electron chi connectivity index (χ2n) is 4.47. The van der Waals surface area contributed by atoms with Gasteiger partial charge in [-0.1, -0.05) is 30.3 Å². The minimum absolute atomic E-state index is 0.193. The van der Waals surface area contributed by atoms with Gasteiger partial charge in [0.05, 0.1) is 5.92 Å². The van der Waals surface area contributed by atoms with Crippen LogP contribution in [0.4, 0.5) is 0 Å². The number of benzene rings is 1. The first-order valence-corrected chi connectivity index (χ1v) is 5.66. The summed E-state index contributed by atoms with van der Waals surface area (Å²) in [5.41, 5.74) is 1.22. The van der Waals surface area contributed by atoms with Crippen LogP contribution in [-0.2, 0) is 4.79 Å². The lowest BCUT2D eigenvalue weighted by atomic mass is 9.87. The van der Waals surface area contributed by atoms with Gasteiger partial charge in [-0.15, -0.1) is 0 Å². The second-order valence-corrected chi connectivity index (χ2v) is 4.47. The average Bonchev–Trinajstić information content (AvgIpc) is 2.30. The second kappa shape index (κ2) is 4.66. The standard InChI is InChI=1S/C13H17NO2/c1-14-8-7-11(13(15)16)9-12(14)10-5-3-2-4-6-10/h2-6,11-12H,7-9H2,1H3,(H,15,16). The Labute approximate surface area is 95.7 Å². The summed E-state index contributed by atoms with van der Waals surface area (Å²) >= 11 is 0. The van der Waals surface area contributed by atoms with Crippen LogP contribution in [0.5, 0.6) is 0 Å². The summed E-state index contributed by atoms with van der Waals surface area (Å²) in [7, 11) is 2.07. The van der Waals surface area contributed by atoms with Gasteiger partial charge in [0, 0.05) is 6.04 Å². The lowest BCUT2D eigenvalue weighted by molar-refractivity contribution is -0.144. The van der Waals surface area contributed by atoms with Gasteiger partial charge in [-0.2, -0.15) is 0 Å². The monoisotopic (exact) mass is 219 g/mol. The van der Waals surface area contributed by atoms with Gasteiger partial charge in [0.25, 0.3) is 0 Å². The Balaban J connectivity index is 2.16. The van der Waals surface area contributed by atoms with E-state index in [4.69, 9.17) is 5.11 Å². The number of hydrogen-bond donors (Lipinski definition) is 1. The van der Waals surface area contributed by atoms with E-state index >= 15 is 0 Å². The first-order valence-electron chi connectivity index (χ1n) is 5.66. The van der Waals surface area contributed by atoms with Gasteiger partial charge in [0.15, 0.2) is 0 Å². The SMILES string of the molecule is CN1CCC(C(=O)O)CC1c1ccccc1. The van der Waals surface area contributed by atoms with Crippen molar-refractivity contribution in [2.45, 2.75) is 18.9 Å². The quantitative estimate of drug-likeness (QED) is 0.828. The van der Waals surface area contributed by atoms with Gasteiger partial charge < -0.3 is 5.11 Å². The Morgan fingerprint density at radius 2 is 2.06 bits per heavy atom. The summed E-state index contributed by atoms with van der Waals surface area (Å²) in [4.78, 5) is 13.3. The molecule has 3 nitrogen and oxygen atoms in total. The summed E-state index contributed by atoms with van der Waals surface area (Å²) in [6, 6.07) is 10.4. The van der Waals surface area contributed by atoms with E-state index in [0.29, 0.717) is 0 Å². The number of carbonyl (C=O) groups is 1. The molecule has 2 atom stereocenters. The molecular formula is C13H17NO2. The molecule has 0 amide bonds. The van der Waals surface area contributed by atoms with Gasteiger partial charge in [-0.05, 0) is 32.0 Å². The maximum atomic E-state index is 11.0. The number of rotatable bonds is 2. The fourth-order valence-electron chi connectivity index (χ4n) is 2.37. The molecule has 0 radical (unpaired) electrons. The van der Waals surface area contributed by atoms with Crippen molar-refractivity contribution in [1.29, 1.82) is 0 Å². The van der Waals surface area contributed by atoms with Crippen molar-refractivity contribution in [2.75, 3.05) is 13.6 Å². The number of piperidine rings is 1. The Morgan fingerprint density at radius 1 is 1.38 bits per heavy atom. The molecule has 0 saturated carbocycles. The van der Waals surface area contributed by atoms with E-state index in [1.54, 1.807) is 0 Å². The zero-order valence-electron chi connectivity index (χ0n) is 9.47. The molecule has 1 heterocycles. The highest BCUT2D eigenvalue weighted by Gasteiger charge is 2.30. The highest BCUT2D eigenvalue weighted by molar-refractivity contribution is 5.70. The Kier molecular flexibility index (Phi) is 3.25. The summed E-state index contributed by atoms with van der Waals surface area (Å²) < 4.78 is 0. The van der Waals surface area contributed by atoms with Crippen LogP contribution in [0.15, 0.2) is 30.3 Å². The number of aliphatic carboxylic acids is 1. The third kappa shape index (κ3) is 2.25. The van der Waals surface area contributed by atoms with Crippen molar-refractivity contribution < 1.29 is 9.90 Å². The van der Waals surface area contributed by atoms with Crippen LogP contribution in [0.2, 0.25) is 0 Å². The van der Waals surface area contributed by atoms with Crippen LogP contribution in [-0.4, -0.2) is 29.6 Å². The van der Waals surface area contributed by atoms with Crippen LogP contribution in [0.25, 0.3) is 0 Å². The van der Waals surface area contributed by atoms with Crippen LogP contribution >= 0.6 is 0 Å². The van der Waals surface area contributed by atoms with Gasteiger partial charge in [0.1, 0.15) is 0 Å². The van der Waals surface area contributed by atoms with Gasteiger partial charge in [-0.3, -0.25) is 9.69 Å². The van der Waals surface area contributed by atoms with E-state index in [0.717, 1.165) is 19.4 Å². The normalized spacial score (nSPS) is 26.6. The van der Waals surface area contributed by atoms with E-state index in [2.05, 4.69) is 24.1 Å². The third-order valence-electron chi connectivity index (χ3n) is 3.40. The summed E-state index contributed by atoms with van der Waals surface area (Å²) in [6.45, 7) is 0.858. The van der Waals surface area contributed by atoms with E-state index in [9.17, 15) is 4.79 Å². The van der Waals surface area contributed by atoms with E-state index in [1.807, 2.05) is 18.2 Å². The van der Waals surface area contributed by atoms with E-state index in [-0.39, 0.29) is 12.0 Å². The van der Waals surface area contributed by atoms with Crippen molar-refractivity contribution in [3.63, 3.8) is 0 Å². The molecule has 0 aromatic heterocycles. The van der Waals surface area contributed by atoms with Crippen molar-refractivity contribution in [3.05, 3.63) is 35.9 Å². The maximum Gasteiger partial charge on any atom is 0.306 e. The van der Waals surface area contributed by atoms with Crippen molar-refractivity contribution >= 4 is 5.97 Å². The fourth-order valence-corrected chi connectivity index (χ4v) is 2.37. The molecule has 0 aliphatic carbocycles. The topological polar surface area (TPSA) is 40.5 Å². The summed E-state index contributed by atoms with van der Waals surface area (Å²) in [5, 5.41) is 9.07. The molecule has 2 unspecified atom stereocenters. The summed E-state index contributed by atoms with van der Waals surface area (Å²) in [5.74, 6) is -0.851. The Morgan fingerprint density at radius 3 is 2.69 bits per heavy atom. The molecule has 1 N–H and O–H groups in total. The zero-order valence-corrected chi connectivity index (χ0v) is 9.47. The zero-order chi connectivity index (χ0) is 11.5. The molecule has 0 spiro atoms. The molecule has 1 fully saturated rings. The first-order chi connectivity index (χ1) is 7.68. The van der Waals surface area contributed by atoms with Gasteiger partial charge in [-0.25, -0.2) is 0 Å². The minimum Gasteiger partial charge on any atom is -0.481 e. The molecule has 1 aromatic rings. The van der Waals surface area contributed by atoms with Crippen molar-refractivity contribution in [3.8, 4) is 0 Å². The number of carboxylic acids is 1. The molecule has 2 rings (SSSR count). The average molecular weight is 219 g/mol. The lowest BCUT2D eigenvalue weighted by Crippen LogP contribution is -2.36. The Bertz CT molecular complexity index is 363. The van der Waals surface area contributed by atoms with Crippen molar-refractivity contribution in [2.24, 2.45) is 5.92 Å². The predicted octanol–water partition coefficient (Wildman–Crippen LogP) is 2.15. The number of nitrogens with zero attached hydrogens (tertiary/aromatic N) is 1. The van der Waals surface area contributed by atoms with Gasteiger partial charge >= 0.3 is 5.97 Å². The maximum absolute atomic E-state index is 11.0. The Hall–Kier alpha value is -1.35. The number of likely N-dealkylation sites (tertiary alicyclic amines) is 1. The largest absolute Gasteiger partial charge is 0.481 e. The minimum atomic E-state index is -0.658. The van der Waals surface area contributed by atoms with Gasteiger partial charge in [0.2, 0.25) is 0 Å². The highest BCUT2D eigenvalue weighted by atomic mass is 16.4. The molecule has 3 heteroatoms. The third-order valence-corrected chi connectivity index (χ3v) is 3.40. The highest BCUT2D eigenvalue weighted by Crippen LogP contribution is 2.32. The smallest absolute Gasteiger partial charge is 0.306 e. The molecule has 16 heavy (non-hydrogen) atoms. The molecule has 0 bridgehead atoms. The first kappa shape index (κ1) is 11.1.